The summed E-state index contributed by atoms with van der Waals surface area (Å²) in [7, 11) is 3.25. The molecule has 0 saturated heterocycles. The number of rotatable bonds is 0. The van der Waals surface area contributed by atoms with Gasteiger partial charge in [0.1, 0.15) is 0 Å². The molecular formula is C13H42O2. The summed E-state index contributed by atoms with van der Waals surface area (Å²) in [4.78, 5) is 0. The molecule has 0 aliphatic heterocycles. The third-order valence-corrected chi connectivity index (χ3v) is 0. The first-order valence-electron chi connectivity index (χ1n) is 3.34. The van der Waals surface area contributed by atoms with Crippen LogP contribution >= 0.6 is 0 Å². The summed E-state index contributed by atoms with van der Waals surface area (Å²) in [5, 5.41) is 7.57. The highest BCUT2D eigenvalue weighted by Crippen LogP contribution is 1.30. The van der Waals surface area contributed by atoms with Crippen LogP contribution in [0.5, 0.6) is 0 Å². The topological polar surface area (TPSA) is 29.5 Å². The Hall–Kier alpha value is -0.340. The van der Waals surface area contributed by atoms with Crippen molar-refractivity contribution < 1.29 is 9.84 Å². The summed E-state index contributed by atoms with van der Waals surface area (Å²) in [5.41, 5.74) is 0. The molecule has 2 heteroatoms. The fourth-order valence-corrected chi connectivity index (χ4v) is 0. The molecule has 0 fully saturated rings. The van der Waals surface area contributed by atoms with Crippen molar-refractivity contribution in [2.24, 2.45) is 0 Å². The molecule has 0 aliphatic carbocycles. The Labute approximate surface area is 102 Å². The van der Waals surface area contributed by atoms with Crippen LogP contribution in [0.3, 0.4) is 0 Å². The zero-order chi connectivity index (χ0) is 9.41. The fraction of sp³-hybridized carbons (Fsp3) is 0.846. The zero-order valence-electron chi connectivity index (χ0n) is 7.98. The van der Waals surface area contributed by atoms with Crippen molar-refractivity contribution in [1.82, 2.24) is 0 Å². The molecule has 0 spiro atoms. The monoisotopic (exact) mass is 230 g/mol. The number of ether oxygens (including phenoxy) is 1. The highest BCUT2D eigenvalue weighted by Gasteiger charge is 1.34. The Morgan fingerprint density at radius 2 is 0.867 bits per heavy atom. The third kappa shape index (κ3) is 16100. The first kappa shape index (κ1) is 85.4. The molecule has 1 N–H and O–H groups in total. The Bertz CT molecular complexity index is 16.0. The second kappa shape index (κ2) is 795. The Morgan fingerprint density at radius 3 is 0.867 bits per heavy atom. The second-order valence-electron chi connectivity index (χ2n) is 0.724. The molecule has 0 radical (unpaired) electrons. The Morgan fingerprint density at radius 1 is 0.867 bits per heavy atom. The van der Waals surface area contributed by atoms with Gasteiger partial charge in [-0.05, 0) is 6.92 Å². The minimum Gasteiger partial charge on any atom is -0.397 e. The molecule has 0 rings (SSSR count). The van der Waals surface area contributed by atoms with Crippen molar-refractivity contribution in [2.75, 3.05) is 20.8 Å². The molecule has 0 heterocycles. The standard InChI is InChI=1S/2C2H6O.C2H6.C2H4.5CH4/c1-3-2;1-2-3;2*1-2;;;;;/h1-2H3;3H,2H2,1H3;1-2H3;1-2H2;5*1H4. The van der Waals surface area contributed by atoms with Gasteiger partial charge in [-0.3, -0.25) is 0 Å². The van der Waals surface area contributed by atoms with Crippen LogP contribution in [-0.2, 0) is 4.74 Å². The summed E-state index contributed by atoms with van der Waals surface area (Å²) in [6.45, 7) is 11.9. The van der Waals surface area contributed by atoms with E-state index in [1.807, 2.05) is 13.8 Å². The fourth-order valence-electron chi connectivity index (χ4n) is 0. The molecular weight excluding hydrogens is 188 g/mol. The Kier molecular flexibility index (Phi) is 4520. The van der Waals surface area contributed by atoms with Gasteiger partial charge in [0, 0.05) is 20.8 Å². The van der Waals surface area contributed by atoms with Gasteiger partial charge in [-0.2, -0.15) is 0 Å². The number of aliphatic hydroxyl groups is 1. The van der Waals surface area contributed by atoms with E-state index in [1.165, 1.54) is 0 Å². The van der Waals surface area contributed by atoms with Crippen LogP contribution in [-0.4, -0.2) is 25.9 Å². The van der Waals surface area contributed by atoms with Gasteiger partial charge in [0.25, 0.3) is 0 Å². The maximum Gasteiger partial charge on any atom is 0.0402 e. The number of hydrogen-bond acceptors (Lipinski definition) is 2. The number of hydrogen-bond donors (Lipinski definition) is 1. The van der Waals surface area contributed by atoms with E-state index in [1.54, 1.807) is 21.1 Å². The molecule has 15 heavy (non-hydrogen) atoms. The van der Waals surface area contributed by atoms with E-state index in [0.29, 0.717) is 0 Å². The molecule has 106 valence electrons. The summed E-state index contributed by atoms with van der Waals surface area (Å²) in [6.07, 6.45) is 0. The largest absolute Gasteiger partial charge is 0.397 e. The molecule has 0 atom stereocenters. The number of aliphatic hydroxyl groups excluding tert-OH is 1. The first-order chi connectivity index (χ1) is 4.83. The van der Waals surface area contributed by atoms with E-state index >= 15 is 0 Å². The van der Waals surface area contributed by atoms with E-state index in [-0.39, 0.29) is 43.7 Å². The van der Waals surface area contributed by atoms with E-state index in [2.05, 4.69) is 17.9 Å². The van der Waals surface area contributed by atoms with E-state index in [9.17, 15) is 0 Å². The van der Waals surface area contributed by atoms with Gasteiger partial charge in [-0.25, -0.2) is 0 Å². The van der Waals surface area contributed by atoms with Crippen LogP contribution in [0.25, 0.3) is 0 Å². The maximum atomic E-state index is 7.57. The quantitative estimate of drug-likeness (QED) is 0.574. The number of methoxy groups -OCH3 is 1. The normalized spacial score (nSPS) is 3.07. The van der Waals surface area contributed by atoms with Gasteiger partial charge in [0.2, 0.25) is 0 Å². The lowest BCUT2D eigenvalue weighted by Crippen LogP contribution is -1.57. The van der Waals surface area contributed by atoms with Crippen LogP contribution in [0.4, 0.5) is 0 Å². The lowest BCUT2D eigenvalue weighted by atomic mass is 10.9. The predicted octanol–water partition coefficient (Wildman–Crippen LogP) is 5.27. The first-order valence-corrected chi connectivity index (χ1v) is 3.34. The van der Waals surface area contributed by atoms with Crippen molar-refractivity contribution in [2.45, 2.75) is 57.9 Å². The highest BCUT2D eigenvalue weighted by molar-refractivity contribution is 4.22. The van der Waals surface area contributed by atoms with Crippen LogP contribution in [0.15, 0.2) is 13.2 Å². The lowest BCUT2D eigenvalue weighted by molar-refractivity contribution is 0.277. The van der Waals surface area contributed by atoms with Crippen LogP contribution < -0.4 is 0 Å². The van der Waals surface area contributed by atoms with Crippen molar-refractivity contribution in [1.29, 1.82) is 0 Å². The molecule has 0 aromatic carbocycles. The molecule has 2 nitrogen and oxygen atoms in total. The van der Waals surface area contributed by atoms with E-state index in [4.69, 9.17) is 5.11 Å². The van der Waals surface area contributed by atoms with Crippen LogP contribution in [0.1, 0.15) is 57.9 Å². The third-order valence-electron chi connectivity index (χ3n) is 0. The van der Waals surface area contributed by atoms with Crippen LogP contribution in [0.2, 0.25) is 0 Å². The van der Waals surface area contributed by atoms with Gasteiger partial charge in [0.05, 0.1) is 0 Å². The van der Waals surface area contributed by atoms with Gasteiger partial charge < -0.3 is 9.84 Å². The zero-order valence-corrected chi connectivity index (χ0v) is 7.98. The van der Waals surface area contributed by atoms with Crippen molar-refractivity contribution >= 4 is 0 Å². The average molecular weight is 230 g/mol. The molecule has 0 amide bonds. The van der Waals surface area contributed by atoms with E-state index in [0.717, 1.165) is 0 Å². The van der Waals surface area contributed by atoms with Crippen molar-refractivity contribution in [3.8, 4) is 0 Å². The predicted molar refractivity (Wildman–Crippen MR) is 81.9 cm³/mol. The van der Waals surface area contributed by atoms with Gasteiger partial charge >= 0.3 is 0 Å². The van der Waals surface area contributed by atoms with Crippen molar-refractivity contribution in [3.05, 3.63) is 13.2 Å². The summed E-state index contributed by atoms with van der Waals surface area (Å²) < 4.78 is 4.25. The van der Waals surface area contributed by atoms with Crippen LogP contribution in [0, 0.1) is 0 Å². The second-order valence-corrected chi connectivity index (χ2v) is 0.724. The summed E-state index contributed by atoms with van der Waals surface area (Å²) >= 11 is 0. The molecule has 0 aromatic heterocycles. The molecule has 0 aromatic rings. The minimum absolute atomic E-state index is 0. The summed E-state index contributed by atoms with van der Waals surface area (Å²) in [5.74, 6) is 0. The molecule has 0 bridgehead atoms. The SMILES string of the molecule is C.C.C.C.C.C=C.CC.CCO.COC. The molecule has 0 saturated carbocycles. The smallest absolute Gasteiger partial charge is 0.0402 e. The lowest BCUT2D eigenvalue weighted by Gasteiger charge is -1.61. The Balaban J connectivity index is -0.00000000418. The maximum absolute atomic E-state index is 7.57. The van der Waals surface area contributed by atoms with Crippen molar-refractivity contribution in [3.63, 3.8) is 0 Å². The van der Waals surface area contributed by atoms with Gasteiger partial charge in [0.15, 0.2) is 0 Å². The molecule has 0 aliphatic rings. The molecule has 0 unspecified atom stereocenters. The summed E-state index contributed by atoms with van der Waals surface area (Å²) in [6, 6.07) is 0. The van der Waals surface area contributed by atoms with Gasteiger partial charge in [-0.1, -0.05) is 51.0 Å². The minimum atomic E-state index is 0. The average Bonchev–Trinajstić information content (AvgIpc) is 1.99. The van der Waals surface area contributed by atoms with Gasteiger partial charge in [-0.15, -0.1) is 13.2 Å². The highest BCUT2D eigenvalue weighted by atomic mass is 16.4. The van der Waals surface area contributed by atoms with E-state index < -0.39 is 0 Å².